The quantitative estimate of drug-likeness (QED) is 0.429. The van der Waals surface area contributed by atoms with E-state index in [4.69, 9.17) is 9.47 Å². The first-order valence-corrected chi connectivity index (χ1v) is 12.4. The summed E-state index contributed by atoms with van der Waals surface area (Å²) in [6.45, 7) is 4.69. The molecule has 3 aromatic rings. The van der Waals surface area contributed by atoms with Crippen molar-refractivity contribution in [2.24, 2.45) is 0 Å². The Bertz CT molecular complexity index is 1440. The molecule has 2 amide bonds. The maximum atomic E-state index is 14.6. The maximum Gasteiger partial charge on any atom is 0.341 e. The van der Waals surface area contributed by atoms with E-state index >= 15 is 0 Å². The molecule has 4 heterocycles. The lowest BCUT2D eigenvalue weighted by Gasteiger charge is -2.31. The Kier molecular flexibility index (Phi) is 6.95. The number of anilines is 2. The van der Waals surface area contributed by atoms with Gasteiger partial charge in [0.2, 0.25) is 0 Å². The molecule has 2 aromatic heterocycles. The van der Waals surface area contributed by atoms with Gasteiger partial charge in [0.25, 0.3) is 11.8 Å². The SMILES string of the molecule is COC(=O)c1cnc2c(C(=O)Nc3cc4c(cc3N3CCOCC3)C(=O)N(C[C@@H](F)C(C)(C)O)C4)cnn2c1. The minimum atomic E-state index is -1.63. The summed E-state index contributed by atoms with van der Waals surface area (Å²) in [6.07, 6.45) is 2.45. The fourth-order valence-electron chi connectivity index (χ4n) is 4.59. The second-order valence-corrected chi connectivity index (χ2v) is 10.0. The summed E-state index contributed by atoms with van der Waals surface area (Å²) in [5, 5.41) is 17.1. The minimum Gasteiger partial charge on any atom is -0.465 e. The fourth-order valence-corrected chi connectivity index (χ4v) is 4.59. The normalized spacial score (nSPS) is 16.4. The lowest BCUT2D eigenvalue weighted by molar-refractivity contribution is -0.0159. The molecule has 1 saturated heterocycles. The number of carbonyl (C=O) groups excluding carboxylic acids is 3. The predicted molar refractivity (Wildman–Crippen MR) is 138 cm³/mol. The largest absolute Gasteiger partial charge is 0.465 e. The molecule has 1 atom stereocenters. The van der Waals surface area contributed by atoms with Crippen LogP contribution in [0, 0.1) is 0 Å². The van der Waals surface area contributed by atoms with Crippen molar-refractivity contribution >= 4 is 34.8 Å². The van der Waals surface area contributed by atoms with E-state index in [0.717, 1.165) is 0 Å². The molecule has 0 radical (unpaired) electrons. The van der Waals surface area contributed by atoms with Crippen molar-refractivity contribution in [1.82, 2.24) is 19.5 Å². The molecule has 206 valence electrons. The molecule has 0 unspecified atom stereocenters. The number of morpholine rings is 1. The molecule has 0 bridgehead atoms. The van der Waals surface area contributed by atoms with Crippen molar-refractivity contribution in [1.29, 1.82) is 0 Å². The van der Waals surface area contributed by atoms with Crippen LogP contribution >= 0.6 is 0 Å². The number of benzene rings is 1. The number of carbonyl (C=O) groups is 3. The summed E-state index contributed by atoms with van der Waals surface area (Å²) in [4.78, 5) is 45.9. The Morgan fingerprint density at radius 2 is 2.00 bits per heavy atom. The van der Waals surface area contributed by atoms with Crippen molar-refractivity contribution in [3.8, 4) is 0 Å². The average molecular weight is 541 g/mol. The third-order valence-corrected chi connectivity index (χ3v) is 6.87. The molecule has 5 rings (SSSR count). The van der Waals surface area contributed by atoms with Gasteiger partial charge in [0, 0.05) is 37.6 Å². The predicted octanol–water partition coefficient (Wildman–Crippen LogP) is 1.67. The second kappa shape index (κ2) is 10.2. The van der Waals surface area contributed by atoms with Crippen LogP contribution in [0.5, 0.6) is 0 Å². The van der Waals surface area contributed by atoms with Crippen LogP contribution in [0.15, 0.2) is 30.7 Å². The number of hydrogen-bond acceptors (Lipinski definition) is 9. The van der Waals surface area contributed by atoms with Crippen molar-refractivity contribution in [3.63, 3.8) is 0 Å². The minimum absolute atomic E-state index is 0.144. The third-order valence-electron chi connectivity index (χ3n) is 6.87. The first-order chi connectivity index (χ1) is 18.6. The molecule has 0 saturated carbocycles. The Balaban J connectivity index is 1.46. The zero-order chi connectivity index (χ0) is 27.9. The average Bonchev–Trinajstić information content (AvgIpc) is 3.48. The van der Waals surface area contributed by atoms with Crippen LogP contribution in [0.4, 0.5) is 15.8 Å². The highest BCUT2D eigenvalue weighted by Gasteiger charge is 2.36. The van der Waals surface area contributed by atoms with Gasteiger partial charge in [0.05, 0.1) is 55.6 Å². The fraction of sp³-hybridized carbons (Fsp3) is 0.423. The number of ether oxygens (including phenoxy) is 2. The molecular weight excluding hydrogens is 511 g/mol. The van der Waals surface area contributed by atoms with Crippen molar-refractivity contribution in [2.45, 2.75) is 32.2 Å². The van der Waals surface area contributed by atoms with Gasteiger partial charge >= 0.3 is 5.97 Å². The lowest BCUT2D eigenvalue weighted by Crippen LogP contribution is -2.42. The van der Waals surface area contributed by atoms with Gasteiger partial charge in [-0.3, -0.25) is 9.59 Å². The number of fused-ring (bicyclic) bond motifs is 2. The number of methoxy groups -OCH3 is 1. The van der Waals surface area contributed by atoms with Gasteiger partial charge in [-0.1, -0.05) is 0 Å². The Hall–Kier alpha value is -4.10. The zero-order valence-corrected chi connectivity index (χ0v) is 21.8. The third kappa shape index (κ3) is 5.14. The van der Waals surface area contributed by atoms with Gasteiger partial charge in [0.15, 0.2) is 5.65 Å². The highest BCUT2D eigenvalue weighted by Crippen LogP contribution is 2.36. The van der Waals surface area contributed by atoms with Crippen LogP contribution in [-0.4, -0.2) is 94.1 Å². The van der Waals surface area contributed by atoms with Crippen LogP contribution < -0.4 is 10.2 Å². The van der Waals surface area contributed by atoms with Crippen molar-refractivity contribution in [3.05, 3.63) is 53.0 Å². The number of hydrogen-bond donors (Lipinski definition) is 2. The number of esters is 1. The van der Waals surface area contributed by atoms with E-state index in [1.165, 1.54) is 49.0 Å². The smallest absolute Gasteiger partial charge is 0.341 e. The van der Waals surface area contributed by atoms with E-state index in [9.17, 15) is 23.9 Å². The van der Waals surface area contributed by atoms with Gasteiger partial charge in [-0.05, 0) is 31.5 Å². The van der Waals surface area contributed by atoms with Gasteiger partial charge < -0.3 is 29.7 Å². The van der Waals surface area contributed by atoms with Crippen molar-refractivity contribution in [2.75, 3.05) is 50.2 Å². The number of nitrogens with zero attached hydrogens (tertiary/aromatic N) is 5. The standard InChI is InChI=1S/C26H29FN6O6/c1-26(2,37)21(27)14-32-12-15-8-19(20(9-17(15)24(32)35)31-4-6-39-7-5-31)30-23(34)18-11-29-33-13-16(25(36)38-3)10-28-22(18)33/h8-11,13,21,37H,4-7,12,14H2,1-3H3,(H,30,34)/t21-/m1/s1. The highest BCUT2D eigenvalue weighted by molar-refractivity contribution is 6.10. The highest BCUT2D eigenvalue weighted by atomic mass is 19.1. The Morgan fingerprint density at radius 1 is 1.26 bits per heavy atom. The summed E-state index contributed by atoms with van der Waals surface area (Å²) < 4.78 is 26.1. The molecule has 39 heavy (non-hydrogen) atoms. The van der Waals surface area contributed by atoms with Crippen molar-refractivity contribution < 1.29 is 33.4 Å². The summed E-state index contributed by atoms with van der Waals surface area (Å²) in [5.41, 5.74) is 1.19. The van der Waals surface area contributed by atoms with Crippen LogP contribution in [0.2, 0.25) is 0 Å². The number of aromatic nitrogens is 3. The summed E-state index contributed by atoms with van der Waals surface area (Å²) in [7, 11) is 1.26. The van der Waals surface area contributed by atoms with E-state index in [1.807, 2.05) is 4.90 Å². The molecule has 12 nitrogen and oxygen atoms in total. The van der Waals surface area contributed by atoms with Gasteiger partial charge in [-0.25, -0.2) is 18.7 Å². The molecule has 2 N–H and O–H groups in total. The van der Waals surface area contributed by atoms with Gasteiger partial charge in [-0.15, -0.1) is 0 Å². The molecule has 1 aromatic carbocycles. The Morgan fingerprint density at radius 3 is 2.69 bits per heavy atom. The number of rotatable bonds is 7. The van der Waals surface area contributed by atoms with E-state index in [1.54, 1.807) is 12.1 Å². The molecule has 0 spiro atoms. The first-order valence-electron chi connectivity index (χ1n) is 12.4. The van der Waals surface area contributed by atoms with Crippen LogP contribution in [-0.2, 0) is 16.0 Å². The summed E-state index contributed by atoms with van der Waals surface area (Å²) in [5.74, 6) is -1.40. The number of alkyl halides is 1. The second-order valence-electron chi connectivity index (χ2n) is 10.0. The van der Waals surface area contributed by atoms with E-state index < -0.39 is 23.6 Å². The molecule has 13 heteroatoms. The summed E-state index contributed by atoms with van der Waals surface area (Å²) >= 11 is 0. The molecule has 1 fully saturated rings. The molecule has 0 aliphatic carbocycles. The van der Waals surface area contributed by atoms with Crippen LogP contribution in [0.1, 0.15) is 50.5 Å². The first kappa shape index (κ1) is 26.5. The maximum absolute atomic E-state index is 14.6. The van der Waals surface area contributed by atoms with Gasteiger partial charge in [-0.2, -0.15) is 5.10 Å². The van der Waals surface area contributed by atoms with E-state index in [-0.39, 0.29) is 35.8 Å². The zero-order valence-electron chi connectivity index (χ0n) is 21.8. The Labute approximate surface area is 223 Å². The van der Waals surface area contributed by atoms with Crippen LogP contribution in [0.25, 0.3) is 5.65 Å². The number of halogens is 1. The number of amides is 2. The lowest BCUT2D eigenvalue weighted by atomic mass is 10.0. The van der Waals surface area contributed by atoms with Crippen LogP contribution in [0.3, 0.4) is 0 Å². The monoisotopic (exact) mass is 540 g/mol. The molecule has 2 aliphatic heterocycles. The molecular formula is C26H29FN6O6. The van der Waals surface area contributed by atoms with E-state index in [2.05, 4.69) is 15.4 Å². The number of nitrogens with one attached hydrogen (secondary N) is 1. The molecule has 2 aliphatic rings. The number of aliphatic hydroxyl groups is 1. The van der Waals surface area contributed by atoms with E-state index in [0.29, 0.717) is 48.8 Å². The summed E-state index contributed by atoms with van der Waals surface area (Å²) in [6, 6.07) is 3.44. The van der Waals surface area contributed by atoms with Gasteiger partial charge in [0.1, 0.15) is 11.7 Å². The topological polar surface area (TPSA) is 139 Å².